The number of rotatable bonds is 7. The predicted octanol–water partition coefficient (Wildman–Crippen LogP) is 1.50. The minimum Gasteiger partial charge on any atom is -0.488 e. The van der Waals surface area contributed by atoms with Crippen LogP contribution in [-0.4, -0.2) is 22.2 Å². The number of carbonyl (C=O) groups is 1. The van der Waals surface area contributed by atoms with Crippen molar-refractivity contribution < 1.29 is 14.6 Å². The molecule has 0 fully saturated rings. The largest absolute Gasteiger partial charge is 0.488 e. The lowest BCUT2D eigenvalue weighted by Gasteiger charge is -2.08. The van der Waals surface area contributed by atoms with Crippen LogP contribution in [0.2, 0.25) is 0 Å². The Morgan fingerprint density at radius 3 is 2.94 bits per heavy atom. The van der Waals surface area contributed by atoms with Gasteiger partial charge < -0.3 is 14.4 Å². The molecule has 0 saturated heterocycles. The molecular formula is C12H17NO4. The number of aryl methyl sites for hydroxylation is 1. The Bertz CT molecular complexity index is 425. The Morgan fingerprint density at radius 2 is 2.29 bits per heavy atom. The minimum absolute atomic E-state index is 0.0620. The normalized spacial score (nSPS) is 10.2. The molecule has 0 spiro atoms. The van der Waals surface area contributed by atoms with Crippen molar-refractivity contribution in [3.05, 3.63) is 28.7 Å². The van der Waals surface area contributed by atoms with Gasteiger partial charge in [-0.15, -0.1) is 0 Å². The molecule has 0 aliphatic rings. The maximum Gasteiger partial charge on any atom is 0.303 e. The molecule has 0 aromatic carbocycles. The molecule has 94 valence electrons. The van der Waals surface area contributed by atoms with Gasteiger partial charge in [-0.25, -0.2) is 0 Å². The van der Waals surface area contributed by atoms with E-state index >= 15 is 0 Å². The standard InChI is InChI=1S/C12H17NO4/c1-2-9-17-10-5-3-7-13(12(10)16)8-4-6-11(14)15/h3,5,7H,2,4,6,8-9H2,1H3,(H,14,15). The van der Waals surface area contributed by atoms with E-state index in [1.54, 1.807) is 18.3 Å². The molecule has 5 nitrogen and oxygen atoms in total. The Labute approximate surface area is 99.6 Å². The lowest BCUT2D eigenvalue weighted by atomic mass is 10.3. The maximum atomic E-state index is 11.8. The zero-order valence-electron chi connectivity index (χ0n) is 9.89. The number of carboxylic acids is 1. The molecule has 0 saturated carbocycles. The third-order valence-electron chi connectivity index (χ3n) is 2.24. The monoisotopic (exact) mass is 239 g/mol. The van der Waals surface area contributed by atoms with Crippen LogP contribution in [0.4, 0.5) is 0 Å². The summed E-state index contributed by atoms with van der Waals surface area (Å²) in [6.45, 7) is 2.87. The van der Waals surface area contributed by atoms with Crippen LogP contribution in [-0.2, 0) is 11.3 Å². The van der Waals surface area contributed by atoms with Crippen molar-refractivity contribution in [3.8, 4) is 5.75 Å². The molecule has 0 radical (unpaired) electrons. The van der Waals surface area contributed by atoms with E-state index in [2.05, 4.69) is 0 Å². The molecule has 0 aliphatic carbocycles. The summed E-state index contributed by atoms with van der Waals surface area (Å²) in [5, 5.41) is 8.52. The van der Waals surface area contributed by atoms with Crippen LogP contribution in [0.25, 0.3) is 0 Å². The van der Waals surface area contributed by atoms with Crippen molar-refractivity contribution in [1.82, 2.24) is 4.57 Å². The second-order valence-corrected chi connectivity index (χ2v) is 3.72. The number of aliphatic carboxylic acids is 1. The van der Waals surface area contributed by atoms with Crippen LogP contribution in [0, 0.1) is 0 Å². The molecule has 1 rings (SSSR count). The summed E-state index contributed by atoms with van der Waals surface area (Å²) in [5.74, 6) is -0.527. The number of ether oxygens (including phenoxy) is 1. The van der Waals surface area contributed by atoms with Gasteiger partial charge in [0.2, 0.25) is 0 Å². The van der Waals surface area contributed by atoms with Crippen LogP contribution in [0.15, 0.2) is 23.1 Å². The smallest absolute Gasteiger partial charge is 0.303 e. The van der Waals surface area contributed by atoms with E-state index < -0.39 is 5.97 Å². The number of hydrogen-bond donors (Lipinski definition) is 1. The summed E-state index contributed by atoms with van der Waals surface area (Å²) in [4.78, 5) is 22.2. The number of nitrogens with zero attached hydrogens (tertiary/aromatic N) is 1. The van der Waals surface area contributed by atoms with Crippen molar-refractivity contribution >= 4 is 5.97 Å². The van der Waals surface area contributed by atoms with Crippen molar-refractivity contribution in [2.45, 2.75) is 32.7 Å². The fourth-order valence-electron chi connectivity index (χ4n) is 1.41. The van der Waals surface area contributed by atoms with Gasteiger partial charge in [0.15, 0.2) is 5.75 Å². The van der Waals surface area contributed by atoms with Crippen LogP contribution >= 0.6 is 0 Å². The number of hydrogen-bond acceptors (Lipinski definition) is 3. The Morgan fingerprint density at radius 1 is 1.53 bits per heavy atom. The first kappa shape index (κ1) is 13.3. The first-order valence-electron chi connectivity index (χ1n) is 5.69. The lowest BCUT2D eigenvalue weighted by Crippen LogP contribution is -2.21. The van der Waals surface area contributed by atoms with Crippen LogP contribution in [0.5, 0.6) is 5.75 Å². The summed E-state index contributed by atoms with van der Waals surface area (Å²) in [6, 6.07) is 3.36. The van der Waals surface area contributed by atoms with Gasteiger partial charge in [0.1, 0.15) is 0 Å². The van der Waals surface area contributed by atoms with E-state index in [9.17, 15) is 9.59 Å². The van der Waals surface area contributed by atoms with E-state index in [-0.39, 0.29) is 12.0 Å². The quantitative estimate of drug-likeness (QED) is 0.783. The SMILES string of the molecule is CCCOc1cccn(CCCC(=O)O)c1=O. The first-order valence-corrected chi connectivity index (χ1v) is 5.69. The zero-order valence-corrected chi connectivity index (χ0v) is 9.89. The third kappa shape index (κ3) is 4.30. The highest BCUT2D eigenvalue weighted by atomic mass is 16.5. The third-order valence-corrected chi connectivity index (χ3v) is 2.24. The Kier molecular flexibility index (Phi) is 5.26. The number of carboxylic acid groups (broad SMARTS) is 1. The molecule has 1 N–H and O–H groups in total. The van der Waals surface area contributed by atoms with E-state index in [1.807, 2.05) is 6.92 Å². The van der Waals surface area contributed by atoms with Crippen molar-refractivity contribution in [1.29, 1.82) is 0 Å². The molecule has 5 heteroatoms. The van der Waals surface area contributed by atoms with E-state index in [0.717, 1.165) is 6.42 Å². The molecule has 17 heavy (non-hydrogen) atoms. The van der Waals surface area contributed by atoms with Gasteiger partial charge in [0.05, 0.1) is 6.61 Å². The highest BCUT2D eigenvalue weighted by molar-refractivity contribution is 5.66. The predicted molar refractivity (Wildman–Crippen MR) is 63.4 cm³/mol. The van der Waals surface area contributed by atoms with Gasteiger partial charge in [0.25, 0.3) is 5.56 Å². The Balaban J connectivity index is 2.66. The van der Waals surface area contributed by atoms with Gasteiger partial charge in [-0.1, -0.05) is 6.92 Å². The molecule has 0 atom stereocenters. The van der Waals surface area contributed by atoms with Crippen LogP contribution in [0.3, 0.4) is 0 Å². The van der Waals surface area contributed by atoms with E-state index in [4.69, 9.17) is 9.84 Å². The van der Waals surface area contributed by atoms with Crippen LogP contribution < -0.4 is 10.3 Å². The fraction of sp³-hybridized carbons (Fsp3) is 0.500. The molecule has 1 heterocycles. The van der Waals surface area contributed by atoms with E-state index in [0.29, 0.717) is 25.3 Å². The highest BCUT2D eigenvalue weighted by Gasteiger charge is 2.04. The van der Waals surface area contributed by atoms with Gasteiger partial charge in [-0.05, 0) is 25.0 Å². The average molecular weight is 239 g/mol. The summed E-state index contributed by atoms with van der Waals surface area (Å²) in [6.07, 6.45) is 2.98. The number of aromatic nitrogens is 1. The fourth-order valence-corrected chi connectivity index (χ4v) is 1.41. The summed E-state index contributed by atoms with van der Waals surface area (Å²) < 4.78 is 6.78. The highest BCUT2D eigenvalue weighted by Crippen LogP contribution is 2.03. The zero-order chi connectivity index (χ0) is 12.7. The minimum atomic E-state index is -0.851. The van der Waals surface area contributed by atoms with Crippen molar-refractivity contribution in [2.24, 2.45) is 0 Å². The van der Waals surface area contributed by atoms with Crippen molar-refractivity contribution in [3.63, 3.8) is 0 Å². The average Bonchev–Trinajstić information content (AvgIpc) is 2.29. The molecule has 0 bridgehead atoms. The second kappa shape index (κ2) is 6.73. The molecule has 0 unspecified atom stereocenters. The molecule has 1 aromatic heterocycles. The van der Waals surface area contributed by atoms with Crippen molar-refractivity contribution in [2.75, 3.05) is 6.61 Å². The lowest BCUT2D eigenvalue weighted by molar-refractivity contribution is -0.137. The van der Waals surface area contributed by atoms with Crippen LogP contribution in [0.1, 0.15) is 26.2 Å². The van der Waals surface area contributed by atoms with Gasteiger partial charge >= 0.3 is 5.97 Å². The van der Waals surface area contributed by atoms with E-state index in [1.165, 1.54) is 4.57 Å². The van der Waals surface area contributed by atoms with Gasteiger partial charge in [0, 0.05) is 19.2 Å². The summed E-state index contributed by atoms with van der Waals surface area (Å²) >= 11 is 0. The molecular weight excluding hydrogens is 222 g/mol. The molecule has 0 amide bonds. The van der Waals surface area contributed by atoms with Gasteiger partial charge in [-0.2, -0.15) is 0 Å². The summed E-state index contributed by atoms with van der Waals surface area (Å²) in [7, 11) is 0. The number of pyridine rings is 1. The maximum absolute atomic E-state index is 11.8. The first-order chi connectivity index (χ1) is 8.15. The molecule has 1 aromatic rings. The second-order valence-electron chi connectivity index (χ2n) is 3.72. The van der Waals surface area contributed by atoms with Gasteiger partial charge in [-0.3, -0.25) is 9.59 Å². The Hall–Kier alpha value is -1.78. The summed E-state index contributed by atoms with van der Waals surface area (Å²) in [5.41, 5.74) is -0.202. The molecule has 0 aliphatic heterocycles. The topological polar surface area (TPSA) is 68.5 Å².